The van der Waals surface area contributed by atoms with E-state index in [1.807, 2.05) is 24.3 Å². The van der Waals surface area contributed by atoms with E-state index in [-0.39, 0.29) is 17.5 Å². The van der Waals surface area contributed by atoms with Crippen LogP contribution in [0, 0.1) is 0 Å². The zero-order valence-corrected chi connectivity index (χ0v) is 14.1. The average Bonchev–Trinajstić information content (AvgIpc) is 2.56. The fourth-order valence-electron chi connectivity index (χ4n) is 3.57. The molecular weight excluding hydrogens is 316 g/mol. The molecule has 0 saturated carbocycles. The maximum absolute atomic E-state index is 12.1. The first kappa shape index (κ1) is 16.0. The van der Waals surface area contributed by atoms with Gasteiger partial charge in [-0.05, 0) is 61.9 Å². The van der Waals surface area contributed by atoms with Crippen molar-refractivity contribution in [1.29, 1.82) is 0 Å². The first-order valence-corrected chi connectivity index (χ1v) is 8.93. The summed E-state index contributed by atoms with van der Waals surface area (Å²) in [5.74, 6) is 0.0166. The molecule has 130 valence electrons. The fraction of sp³-hybridized carbons (Fsp3) is 0.421. The number of benzene rings is 1. The van der Waals surface area contributed by atoms with E-state index in [2.05, 4.69) is 20.8 Å². The van der Waals surface area contributed by atoms with Crippen molar-refractivity contribution in [1.82, 2.24) is 15.5 Å². The van der Waals surface area contributed by atoms with Gasteiger partial charge in [-0.15, -0.1) is 0 Å². The van der Waals surface area contributed by atoms with Gasteiger partial charge in [0.15, 0.2) is 0 Å². The predicted octanol–water partition coefficient (Wildman–Crippen LogP) is 1.54. The summed E-state index contributed by atoms with van der Waals surface area (Å²) in [6.07, 6.45) is 5.48. The number of nitrogens with one attached hydrogen (secondary N) is 3. The van der Waals surface area contributed by atoms with E-state index in [4.69, 9.17) is 0 Å². The Balaban J connectivity index is 1.54. The second-order valence-corrected chi connectivity index (χ2v) is 6.83. The van der Waals surface area contributed by atoms with Gasteiger partial charge in [-0.25, -0.2) is 5.10 Å². The molecule has 1 amide bonds. The molecule has 1 saturated heterocycles. The summed E-state index contributed by atoms with van der Waals surface area (Å²) in [4.78, 5) is 24.0. The van der Waals surface area contributed by atoms with Gasteiger partial charge in [0.25, 0.3) is 5.56 Å². The van der Waals surface area contributed by atoms with E-state index in [1.54, 1.807) is 0 Å². The molecule has 25 heavy (non-hydrogen) atoms. The summed E-state index contributed by atoms with van der Waals surface area (Å²) in [7, 11) is 0. The Morgan fingerprint density at radius 3 is 2.80 bits per heavy atom. The number of rotatable bonds is 4. The lowest BCUT2D eigenvalue weighted by molar-refractivity contribution is -0.119. The number of anilines is 1. The molecule has 0 bridgehead atoms. The number of carbonyl (C=O) groups excluding carboxylic acids is 1. The number of hydrogen-bond acceptors (Lipinski definition) is 4. The number of H-pyrrole nitrogens is 1. The second-order valence-electron chi connectivity index (χ2n) is 6.83. The van der Waals surface area contributed by atoms with Gasteiger partial charge >= 0.3 is 0 Å². The van der Waals surface area contributed by atoms with Gasteiger partial charge < -0.3 is 10.6 Å². The smallest absolute Gasteiger partial charge is 0.267 e. The van der Waals surface area contributed by atoms with Crippen molar-refractivity contribution in [2.45, 2.75) is 44.6 Å². The molecule has 1 aromatic carbocycles. The van der Waals surface area contributed by atoms with E-state index < -0.39 is 0 Å². The highest BCUT2D eigenvalue weighted by Gasteiger charge is 2.24. The van der Waals surface area contributed by atoms with Crippen molar-refractivity contribution in [2.75, 3.05) is 11.9 Å². The van der Waals surface area contributed by atoms with Crippen molar-refractivity contribution in [3.8, 4) is 0 Å². The summed E-state index contributed by atoms with van der Waals surface area (Å²) in [6.45, 7) is 0.904. The lowest BCUT2D eigenvalue weighted by atomic mass is 9.90. The molecule has 1 atom stereocenters. The third-order valence-corrected chi connectivity index (χ3v) is 5.09. The zero-order chi connectivity index (χ0) is 17.2. The topological polar surface area (TPSA) is 86.9 Å². The minimum Gasteiger partial charge on any atom is -0.325 e. The molecule has 2 aliphatic rings. The van der Waals surface area contributed by atoms with Crippen LogP contribution in [0.3, 0.4) is 0 Å². The van der Waals surface area contributed by atoms with E-state index in [0.717, 1.165) is 66.7 Å². The van der Waals surface area contributed by atoms with Gasteiger partial charge in [0.1, 0.15) is 0 Å². The molecule has 0 radical (unpaired) electrons. The van der Waals surface area contributed by atoms with Crippen LogP contribution in [-0.4, -0.2) is 28.7 Å². The van der Waals surface area contributed by atoms with Gasteiger partial charge in [-0.1, -0.05) is 12.1 Å². The van der Waals surface area contributed by atoms with E-state index in [1.165, 1.54) is 0 Å². The first-order chi connectivity index (χ1) is 12.2. The van der Waals surface area contributed by atoms with Crippen LogP contribution < -0.4 is 16.2 Å². The van der Waals surface area contributed by atoms with Gasteiger partial charge in [-0.3, -0.25) is 9.59 Å². The normalized spacial score (nSPS) is 19.0. The highest BCUT2D eigenvalue weighted by molar-refractivity contribution is 5.95. The minimum absolute atomic E-state index is 0.0166. The van der Waals surface area contributed by atoms with Crippen LogP contribution in [0.4, 0.5) is 5.69 Å². The number of aromatic nitrogens is 2. The van der Waals surface area contributed by atoms with Gasteiger partial charge in [0.05, 0.1) is 11.7 Å². The van der Waals surface area contributed by atoms with E-state index in [0.29, 0.717) is 6.42 Å². The number of aromatic amines is 1. The monoisotopic (exact) mass is 338 g/mol. The maximum atomic E-state index is 12.1. The Morgan fingerprint density at radius 1 is 1.24 bits per heavy atom. The van der Waals surface area contributed by atoms with Gasteiger partial charge in [0.2, 0.25) is 5.91 Å². The quantitative estimate of drug-likeness (QED) is 0.789. The van der Waals surface area contributed by atoms with Crippen LogP contribution >= 0.6 is 0 Å². The SMILES string of the molecule is O=C(Nc1cccc(Cc2n[nH]c(=O)c3c2CCCC3)c1)C1CCN1. The Bertz CT molecular complexity index is 855. The standard InChI is InChI=1S/C19H22N4O2/c24-18-15-7-2-1-6-14(15)17(22-23-18)11-12-4-3-5-13(10-12)21-19(25)16-8-9-20-16/h3-5,10,16,20H,1-2,6-9,11H2,(H,21,25)(H,23,24). The molecular formula is C19H22N4O2. The third kappa shape index (κ3) is 3.35. The molecule has 1 aromatic heterocycles. The van der Waals surface area contributed by atoms with Crippen LogP contribution in [0.2, 0.25) is 0 Å². The average molecular weight is 338 g/mol. The van der Waals surface area contributed by atoms with Gasteiger partial charge in [0, 0.05) is 17.7 Å². The summed E-state index contributed by atoms with van der Waals surface area (Å²) in [6, 6.07) is 7.78. The van der Waals surface area contributed by atoms with Crippen molar-refractivity contribution in [3.05, 3.63) is 57.0 Å². The van der Waals surface area contributed by atoms with Crippen LogP contribution in [0.15, 0.2) is 29.1 Å². The lowest BCUT2D eigenvalue weighted by Crippen LogP contribution is -2.50. The highest BCUT2D eigenvalue weighted by atomic mass is 16.2. The molecule has 2 heterocycles. The Hall–Kier alpha value is -2.47. The van der Waals surface area contributed by atoms with Gasteiger partial charge in [-0.2, -0.15) is 5.10 Å². The van der Waals surface area contributed by atoms with Crippen LogP contribution in [0.25, 0.3) is 0 Å². The Labute approximate surface area is 146 Å². The number of carbonyl (C=O) groups is 1. The van der Waals surface area contributed by atoms with Crippen LogP contribution in [0.5, 0.6) is 0 Å². The van der Waals surface area contributed by atoms with E-state index in [9.17, 15) is 9.59 Å². The molecule has 4 rings (SSSR count). The largest absolute Gasteiger partial charge is 0.325 e. The van der Waals surface area contributed by atoms with E-state index >= 15 is 0 Å². The maximum Gasteiger partial charge on any atom is 0.267 e. The van der Waals surface area contributed by atoms with Crippen molar-refractivity contribution in [2.24, 2.45) is 0 Å². The van der Waals surface area contributed by atoms with Crippen LogP contribution in [-0.2, 0) is 24.1 Å². The number of hydrogen-bond donors (Lipinski definition) is 3. The Morgan fingerprint density at radius 2 is 2.04 bits per heavy atom. The molecule has 6 nitrogen and oxygen atoms in total. The first-order valence-electron chi connectivity index (χ1n) is 8.93. The summed E-state index contributed by atoms with van der Waals surface area (Å²) >= 11 is 0. The molecule has 2 aromatic rings. The van der Waals surface area contributed by atoms with Crippen molar-refractivity contribution in [3.63, 3.8) is 0 Å². The number of nitrogens with zero attached hydrogens (tertiary/aromatic N) is 1. The third-order valence-electron chi connectivity index (χ3n) is 5.09. The molecule has 3 N–H and O–H groups in total. The zero-order valence-electron chi connectivity index (χ0n) is 14.1. The molecule has 1 aliphatic heterocycles. The second kappa shape index (κ2) is 6.80. The van der Waals surface area contributed by atoms with Crippen molar-refractivity contribution < 1.29 is 4.79 Å². The number of amides is 1. The minimum atomic E-state index is -0.0726. The molecule has 1 aliphatic carbocycles. The predicted molar refractivity (Wildman–Crippen MR) is 95.8 cm³/mol. The Kier molecular flexibility index (Phi) is 4.36. The lowest BCUT2D eigenvalue weighted by Gasteiger charge is -2.26. The van der Waals surface area contributed by atoms with Crippen LogP contribution in [0.1, 0.15) is 41.6 Å². The molecule has 1 unspecified atom stereocenters. The fourth-order valence-corrected chi connectivity index (χ4v) is 3.57. The summed E-state index contributed by atoms with van der Waals surface area (Å²) in [5, 5.41) is 13.0. The summed E-state index contributed by atoms with van der Waals surface area (Å²) in [5.41, 5.74) is 4.78. The molecule has 6 heteroatoms. The molecule has 1 fully saturated rings. The number of fused-ring (bicyclic) bond motifs is 1. The highest BCUT2D eigenvalue weighted by Crippen LogP contribution is 2.23. The molecule has 0 spiro atoms. The van der Waals surface area contributed by atoms with Crippen molar-refractivity contribution >= 4 is 11.6 Å². The summed E-state index contributed by atoms with van der Waals surface area (Å²) < 4.78 is 0.